The standard InChI is InChI=1S/C18H25NO5/c1-14(22-4)12-19(18(2,3)11-16(20)23-5)17(21)24-13-15-9-7-6-8-10-15/h6-10H,1,11-13H2,2-5H3. The smallest absolute Gasteiger partial charge is 0.410 e. The highest BCUT2D eigenvalue weighted by Crippen LogP contribution is 2.22. The van der Waals surface area contributed by atoms with Crippen molar-refractivity contribution in [1.82, 2.24) is 4.90 Å². The summed E-state index contributed by atoms with van der Waals surface area (Å²) < 4.78 is 15.1. The molecule has 0 spiro atoms. The monoisotopic (exact) mass is 335 g/mol. The number of amides is 1. The van der Waals surface area contributed by atoms with Crippen molar-refractivity contribution in [1.29, 1.82) is 0 Å². The van der Waals surface area contributed by atoms with E-state index in [1.807, 2.05) is 30.3 Å². The summed E-state index contributed by atoms with van der Waals surface area (Å²) in [5.74, 6) is -0.0199. The first-order valence-electron chi connectivity index (χ1n) is 7.57. The summed E-state index contributed by atoms with van der Waals surface area (Å²) in [5.41, 5.74) is 0.0599. The van der Waals surface area contributed by atoms with E-state index < -0.39 is 17.6 Å². The molecule has 0 aliphatic carbocycles. The van der Waals surface area contributed by atoms with Crippen molar-refractivity contribution in [3.05, 3.63) is 48.2 Å². The Morgan fingerprint density at radius 3 is 2.29 bits per heavy atom. The van der Waals surface area contributed by atoms with Gasteiger partial charge in [-0.2, -0.15) is 0 Å². The van der Waals surface area contributed by atoms with Crippen molar-refractivity contribution in [2.75, 3.05) is 20.8 Å². The molecule has 132 valence electrons. The summed E-state index contributed by atoms with van der Waals surface area (Å²) in [5, 5.41) is 0. The van der Waals surface area contributed by atoms with Crippen LogP contribution in [0.1, 0.15) is 25.8 Å². The van der Waals surface area contributed by atoms with Crippen molar-refractivity contribution in [3.63, 3.8) is 0 Å². The Labute approximate surface area is 143 Å². The number of ether oxygens (including phenoxy) is 3. The molecule has 0 heterocycles. The van der Waals surface area contributed by atoms with E-state index in [1.54, 1.807) is 13.8 Å². The Balaban J connectivity index is 2.85. The van der Waals surface area contributed by atoms with E-state index in [0.717, 1.165) is 5.56 Å². The first-order valence-corrected chi connectivity index (χ1v) is 7.57. The van der Waals surface area contributed by atoms with Gasteiger partial charge in [-0.3, -0.25) is 9.69 Å². The summed E-state index contributed by atoms with van der Waals surface area (Å²) in [4.78, 5) is 25.6. The number of hydrogen-bond acceptors (Lipinski definition) is 5. The number of rotatable bonds is 8. The molecule has 0 saturated heterocycles. The van der Waals surface area contributed by atoms with Crippen LogP contribution in [0, 0.1) is 0 Å². The maximum atomic E-state index is 12.5. The topological polar surface area (TPSA) is 65.1 Å². The third-order valence-corrected chi connectivity index (χ3v) is 3.58. The number of carbonyl (C=O) groups is 2. The van der Waals surface area contributed by atoms with E-state index in [9.17, 15) is 9.59 Å². The molecule has 1 aromatic rings. The van der Waals surface area contributed by atoms with Gasteiger partial charge >= 0.3 is 12.1 Å². The molecule has 0 aliphatic rings. The molecule has 0 unspecified atom stereocenters. The second kappa shape index (κ2) is 8.96. The van der Waals surface area contributed by atoms with Gasteiger partial charge in [-0.15, -0.1) is 0 Å². The lowest BCUT2D eigenvalue weighted by Gasteiger charge is -2.37. The van der Waals surface area contributed by atoms with Gasteiger partial charge in [-0.25, -0.2) is 4.79 Å². The molecule has 1 amide bonds. The molecule has 0 saturated carbocycles. The van der Waals surface area contributed by atoms with Crippen molar-refractivity contribution in [3.8, 4) is 0 Å². The number of nitrogens with zero attached hydrogens (tertiary/aromatic N) is 1. The highest BCUT2D eigenvalue weighted by Gasteiger charge is 2.35. The molecule has 0 aliphatic heterocycles. The van der Waals surface area contributed by atoms with Gasteiger partial charge in [0, 0.05) is 0 Å². The van der Waals surface area contributed by atoms with Gasteiger partial charge in [-0.05, 0) is 19.4 Å². The summed E-state index contributed by atoms with van der Waals surface area (Å²) in [6, 6.07) is 9.36. The molecule has 1 aromatic carbocycles. The molecule has 0 bridgehead atoms. The van der Waals surface area contributed by atoms with Crippen LogP contribution in [0.5, 0.6) is 0 Å². The van der Waals surface area contributed by atoms with Crippen LogP contribution in [0.4, 0.5) is 4.79 Å². The predicted molar refractivity (Wildman–Crippen MR) is 90.2 cm³/mol. The molecule has 0 N–H and O–H groups in total. The number of hydrogen-bond donors (Lipinski definition) is 0. The quantitative estimate of drug-likeness (QED) is 0.539. The van der Waals surface area contributed by atoms with Gasteiger partial charge in [-0.1, -0.05) is 36.9 Å². The summed E-state index contributed by atoms with van der Waals surface area (Å²) in [7, 11) is 2.79. The van der Waals surface area contributed by atoms with Gasteiger partial charge in [0.25, 0.3) is 0 Å². The minimum Gasteiger partial charge on any atom is -0.500 e. The Morgan fingerprint density at radius 2 is 1.75 bits per heavy atom. The Kier molecular flexibility index (Phi) is 7.30. The normalized spacial score (nSPS) is 10.7. The fourth-order valence-corrected chi connectivity index (χ4v) is 2.08. The number of carbonyl (C=O) groups excluding carboxylic acids is 2. The van der Waals surface area contributed by atoms with E-state index in [2.05, 4.69) is 6.58 Å². The molecule has 6 nitrogen and oxygen atoms in total. The van der Waals surface area contributed by atoms with Gasteiger partial charge in [0.2, 0.25) is 0 Å². The largest absolute Gasteiger partial charge is 0.500 e. The van der Waals surface area contributed by atoms with E-state index in [4.69, 9.17) is 14.2 Å². The third-order valence-electron chi connectivity index (χ3n) is 3.58. The maximum absolute atomic E-state index is 12.5. The molecular formula is C18H25NO5. The second-order valence-electron chi connectivity index (χ2n) is 5.93. The maximum Gasteiger partial charge on any atom is 0.410 e. The fourth-order valence-electron chi connectivity index (χ4n) is 2.08. The average Bonchev–Trinajstić information content (AvgIpc) is 2.57. The molecular weight excluding hydrogens is 310 g/mol. The van der Waals surface area contributed by atoms with Crippen LogP contribution < -0.4 is 0 Å². The van der Waals surface area contributed by atoms with E-state index in [1.165, 1.54) is 19.1 Å². The lowest BCUT2D eigenvalue weighted by atomic mass is 9.98. The zero-order valence-electron chi connectivity index (χ0n) is 14.7. The minimum atomic E-state index is -0.817. The van der Waals surface area contributed by atoms with Gasteiger partial charge < -0.3 is 14.2 Å². The first kappa shape index (κ1) is 19.5. The highest BCUT2D eigenvalue weighted by atomic mass is 16.6. The van der Waals surface area contributed by atoms with Gasteiger partial charge in [0.1, 0.15) is 12.4 Å². The van der Waals surface area contributed by atoms with Crippen LogP contribution >= 0.6 is 0 Å². The fraction of sp³-hybridized carbons (Fsp3) is 0.444. The van der Waals surface area contributed by atoms with Crippen LogP contribution in [0.2, 0.25) is 0 Å². The van der Waals surface area contributed by atoms with Crippen LogP contribution in [0.15, 0.2) is 42.7 Å². The lowest BCUT2D eigenvalue weighted by molar-refractivity contribution is -0.143. The summed E-state index contributed by atoms with van der Waals surface area (Å²) in [6.07, 6.45) is -0.521. The van der Waals surface area contributed by atoms with Crippen LogP contribution in [-0.2, 0) is 25.6 Å². The van der Waals surface area contributed by atoms with Crippen LogP contribution in [0.3, 0.4) is 0 Å². The SMILES string of the molecule is C=C(CN(C(=O)OCc1ccccc1)C(C)(C)CC(=O)OC)OC. The third kappa shape index (κ3) is 5.95. The lowest BCUT2D eigenvalue weighted by Crippen LogP contribution is -2.50. The Bertz CT molecular complexity index is 568. The number of benzene rings is 1. The predicted octanol–water partition coefficient (Wildman–Crippen LogP) is 3.13. The van der Waals surface area contributed by atoms with E-state index in [-0.39, 0.29) is 19.6 Å². The van der Waals surface area contributed by atoms with Crippen molar-refractivity contribution in [2.45, 2.75) is 32.4 Å². The van der Waals surface area contributed by atoms with E-state index >= 15 is 0 Å². The molecule has 24 heavy (non-hydrogen) atoms. The Morgan fingerprint density at radius 1 is 1.12 bits per heavy atom. The highest BCUT2D eigenvalue weighted by molar-refractivity contribution is 5.74. The zero-order valence-corrected chi connectivity index (χ0v) is 14.7. The molecule has 0 atom stereocenters. The van der Waals surface area contributed by atoms with Crippen molar-refractivity contribution >= 4 is 12.1 Å². The van der Waals surface area contributed by atoms with Crippen molar-refractivity contribution in [2.24, 2.45) is 0 Å². The van der Waals surface area contributed by atoms with Gasteiger partial charge in [0.05, 0.1) is 32.7 Å². The summed E-state index contributed by atoms with van der Waals surface area (Å²) in [6.45, 7) is 7.52. The molecule has 6 heteroatoms. The van der Waals surface area contributed by atoms with Crippen LogP contribution in [0.25, 0.3) is 0 Å². The second-order valence-corrected chi connectivity index (χ2v) is 5.93. The molecule has 0 aromatic heterocycles. The van der Waals surface area contributed by atoms with Gasteiger partial charge in [0.15, 0.2) is 0 Å². The van der Waals surface area contributed by atoms with E-state index in [0.29, 0.717) is 5.76 Å². The zero-order chi connectivity index (χ0) is 18.2. The van der Waals surface area contributed by atoms with Crippen LogP contribution in [-0.4, -0.2) is 43.3 Å². The molecule has 0 radical (unpaired) electrons. The number of methoxy groups -OCH3 is 2. The first-order chi connectivity index (χ1) is 11.3. The number of esters is 1. The van der Waals surface area contributed by atoms with Crippen molar-refractivity contribution < 1.29 is 23.8 Å². The minimum absolute atomic E-state index is 0.0287. The average molecular weight is 335 g/mol. The molecule has 1 rings (SSSR count). The summed E-state index contributed by atoms with van der Waals surface area (Å²) >= 11 is 0. The molecule has 0 fully saturated rings. The Hall–Kier alpha value is -2.50.